The maximum Gasteiger partial charge on any atom is 0.306 e. The van der Waals surface area contributed by atoms with E-state index in [1.54, 1.807) is 5.38 Å². The van der Waals surface area contributed by atoms with Crippen LogP contribution in [0.4, 0.5) is 0 Å². The van der Waals surface area contributed by atoms with Crippen molar-refractivity contribution in [3.8, 4) is 0 Å². The van der Waals surface area contributed by atoms with E-state index in [0.29, 0.717) is 31.4 Å². The quantitative estimate of drug-likeness (QED) is 0.883. The van der Waals surface area contributed by atoms with Gasteiger partial charge in [0.1, 0.15) is 5.69 Å². The van der Waals surface area contributed by atoms with E-state index >= 15 is 0 Å². The van der Waals surface area contributed by atoms with Crippen molar-refractivity contribution in [2.24, 2.45) is 5.92 Å². The molecule has 1 aliphatic rings. The molecule has 2 aromatic rings. The Morgan fingerprint density at radius 3 is 2.74 bits per heavy atom. The normalized spacial score (nSPS) is 20.3. The van der Waals surface area contributed by atoms with Crippen LogP contribution in [0, 0.1) is 5.92 Å². The number of aliphatic carboxylic acids is 1. The SMILES string of the molecule is O=C(N[C@@H]1CC[C@H](C(=O)O)C1)c1csc(Cc2ccccc2)n1. The number of carboxylic acid groups (broad SMARTS) is 1. The lowest BCUT2D eigenvalue weighted by Gasteiger charge is -2.10. The van der Waals surface area contributed by atoms with Crippen LogP contribution in [0.15, 0.2) is 35.7 Å². The summed E-state index contributed by atoms with van der Waals surface area (Å²) in [6.07, 6.45) is 2.55. The van der Waals surface area contributed by atoms with Crippen molar-refractivity contribution >= 4 is 23.2 Å². The van der Waals surface area contributed by atoms with Crippen molar-refractivity contribution in [2.75, 3.05) is 0 Å². The predicted molar refractivity (Wildman–Crippen MR) is 87.6 cm³/mol. The van der Waals surface area contributed by atoms with Gasteiger partial charge in [-0.05, 0) is 24.8 Å². The van der Waals surface area contributed by atoms with Crippen molar-refractivity contribution in [3.05, 3.63) is 52.0 Å². The molecule has 0 spiro atoms. The molecule has 3 rings (SSSR count). The van der Waals surface area contributed by atoms with E-state index in [-0.39, 0.29) is 17.9 Å². The first-order valence-corrected chi connectivity index (χ1v) is 8.52. The van der Waals surface area contributed by atoms with Crippen molar-refractivity contribution in [2.45, 2.75) is 31.7 Å². The molecular formula is C17H18N2O3S. The van der Waals surface area contributed by atoms with E-state index in [1.807, 2.05) is 30.3 Å². The van der Waals surface area contributed by atoms with Gasteiger partial charge in [-0.25, -0.2) is 4.98 Å². The van der Waals surface area contributed by atoms with Gasteiger partial charge < -0.3 is 10.4 Å². The number of carboxylic acids is 1. The third kappa shape index (κ3) is 3.96. The first-order valence-electron chi connectivity index (χ1n) is 7.64. The summed E-state index contributed by atoms with van der Waals surface area (Å²) in [5.41, 5.74) is 1.58. The highest BCUT2D eigenvalue weighted by Crippen LogP contribution is 2.26. The first-order chi connectivity index (χ1) is 11.1. The summed E-state index contributed by atoms with van der Waals surface area (Å²) in [7, 11) is 0. The summed E-state index contributed by atoms with van der Waals surface area (Å²) in [5.74, 6) is -1.33. The standard InChI is InChI=1S/C17H18N2O3S/c20-16(18-13-7-6-12(9-13)17(21)22)14-10-23-15(19-14)8-11-4-2-1-3-5-11/h1-5,10,12-13H,6-9H2,(H,18,20)(H,21,22)/t12-,13+/m0/s1. The van der Waals surface area contributed by atoms with E-state index in [0.717, 1.165) is 10.6 Å². The fourth-order valence-corrected chi connectivity index (χ4v) is 3.67. The van der Waals surface area contributed by atoms with Gasteiger partial charge in [0.2, 0.25) is 0 Å². The van der Waals surface area contributed by atoms with Crippen molar-refractivity contribution < 1.29 is 14.7 Å². The Kier molecular flexibility index (Phi) is 4.71. The molecule has 1 aliphatic carbocycles. The van der Waals surface area contributed by atoms with Crippen molar-refractivity contribution in [1.82, 2.24) is 10.3 Å². The van der Waals surface area contributed by atoms with Crippen LogP contribution in [0.2, 0.25) is 0 Å². The zero-order chi connectivity index (χ0) is 16.2. The van der Waals surface area contributed by atoms with Gasteiger partial charge in [-0.1, -0.05) is 30.3 Å². The molecule has 0 bridgehead atoms. The number of nitrogens with zero attached hydrogens (tertiary/aromatic N) is 1. The van der Waals surface area contributed by atoms with Gasteiger partial charge in [0.05, 0.1) is 10.9 Å². The van der Waals surface area contributed by atoms with Crippen LogP contribution in [0.1, 0.15) is 40.3 Å². The average Bonchev–Trinajstić information content (AvgIpc) is 3.18. The van der Waals surface area contributed by atoms with Crippen LogP contribution in [0.25, 0.3) is 0 Å². The molecule has 1 saturated carbocycles. The Hall–Kier alpha value is -2.21. The predicted octanol–water partition coefficient (Wildman–Crippen LogP) is 2.72. The maximum atomic E-state index is 12.2. The minimum Gasteiger partial charge on any atom is -0.481 e. The number of thiazole rings is 1. The van der Waals surface area contributed by atoms with Crippen LogP contribution >= 0.6 is 11.3 Å². The molecule has 1 aromatic heterocycles. The van der Waals surface area contributed by atoms with Crippen LogP contribution in [0.3, 0.4) is 0 Å². The molecule has 120 valence electrons. The summed E-state index contributed by atoms with van der Waals surface area (Å²) in [6.45, 7) is 0. The maximum absolute atomic E-state index is 12.2. The number of nitrogens with one attached hydrogen (secondary N) is 1. The number of hydrogen-bond acceptors (Lipinski definition) is 4. The Labute approximate surface area is 138 Å². The Morgan fingerprint density at radius 2 is 2.04 bits per heavy atom. The number of amides is 1. The first kappa shape index (κ1) is 15.7. The molecule has 0 saturated heterocycles. The summed E-state index contributed by atoms with van der Waals surface area (Å²) >= 11 is 1.47. The van der Waals surface area contributed by atoms with Gasteiger partial charge in [-0.3, -0.25) is 9.59 Å². The lowest BCUT2D eigenvalue weighted by molar-refractivity contribution is -0.141. The minimum atomic E-state index is -0.777. The highest BCUT2D eigenvalue weighted by Gasteiger charge is 2.31. The third-order valence-electron chi connectivity index (χ3n) is 4.10. The molecule has 1 amide bonds. The highest BCUT2D eigenvalue weighted by atomic mass is 32.1. The number of carbonyl (C=O) groups excluding carboxylic acids is 1. The van der Waals surface area contributed by atoms with E-state index in [1.165, 1.54) is 11.3 Å². The van der Waals surface area contributed by atoms with Gasteiger partial charge in [-0.2, -0.15) is 0 Å². The van der Waals surface area contributed by atoms with Crippen LogP contribution in [0.5, 0.6) is 0 Å². The number of hydrogen-bond donors (Lipinski definition) is 2. The number of rotatable bonds is 5. The van der Waals surface area contributed by atoms with Gasteiger partial charge in [0, 0.05) is 17.8 Å². The fourth-order valence-electron chi connectivity index (χ4n) is 2.86. The number of benzene rings is 1. The van der Waals surface area contributed by atoms with E-state index in [2.05, 4.69) is 10.3 Å². The van der Waals surface area contributed by atoms with Crippen LogP contribution in [-0.2, 0) is 11.2 Å². The monoisotopic (exact) mass is 330 g/mol. The Balaban J connectivity index is 1.57. The number of aromatic nitrogens is 1. The highest BCUT2D eigenvalue weighted by molar-refractivity contribution is 7.09. The van der Waals surface area contributed by atoms with Gasteiger partial charge in [0.15, 0.2) is 0 Å². The largest absolute Gasteiger partial charge is 0.481 e. The van der Waals surface area contributed by atoms with Gasteiger partial charge in [0.25, 0.3) is 5.91 Å². The lowest BCUT2D eigenvalue weighted by atomic mass is 10.1. The van der Waals surface area contributed by atoms with Crippen molar-refractivity contribution in [1.29, 1.82) is 0 Å². The summed E-state index contributed by atoms with van der Waals surface area (Å²) in [5, 5.41) is 14.6. The van der Waals surface area contributed by atoms with Crippen molar-refractivity contribution in [3.63, 3.8) is 0 Å². The molecule has 2 N–H and O–H groups in total. The minimum absolute atomic E-state index is 0.0668. The second-order valence-electron chi connectivity index (χ2n) is 5.81. The zero-order valence-electron chi connectivity index (χ0n) is 12.6. The molecule has 1 aromatic carbocycles. The summed E-state index contributed by atoms with van der Waals surface area (Å²) in [6, 6.07) is 9.93. The second-order valence-corrected chi connectivity index (χ2v) is 6.75. The second kappa shape index (κ2) is 6.91. The van der Waals surface area contributed by atoms with Gasteiger partial charge in [-0.15, -0.1) is 11.3 Å². The Bertz CT molecular complexity index is 699. The third-order valence-corrected chi connectivity index (χ3v) is 4.95. The summed E-state index contributed by atoms with van der Waals surface area (Å²) < 4.78 is 0. The topological polar surface area (TPSA) is 79.3 Å². The van der Waals surface area contributed by atoms with E-state index in [9.17, 15) is 9.59 Å². The Morgan fingerprint density at radius 1 is 1.26 bits per heavy atom. The molecule has 0 aliphatic heterocycles. The molecule has 1 heterocycles. The number of carbonyl (C=O) groups is 2. The zero-order valence-corrected chi connectivity index (χ0v) is 13.4. The fraction of sp³-hybridized carbons (Fsp3) is 0.353. The molecule has 23 heavy (non-hydrogen) atoms. The van der Waals surface area contributed by atoms with Gasteiger partial charge >= 0.3 is 5.97 Å². The average molecular weight is 330 g/mol. The lowest BCUT2D eigenvalue weighted by Crippen LogP contribution is -2.33. The van der Waals surface area contributed by atoms with Crippen LogP contribution in [-0.4, -0.2) is 28.0 Å². The smallest absolute Gasteiger partial charge is 0.306 e. The summed E-state index contributed by atoms with van der Waals surface area (Å²) in [4.78, 5) is 27.6. The van der Waals surface area contributed by atoms with Crippen LogP contribution < -0.4 is 5.32 Å². The molecular weight excluding hydrogens is 312 g/mol. The molecule has 0 radical (unpaired) electrons. The molecule has 5 nitrogen and oxygen atoms in total. The molecule has 0 unspecified atom stereocenters. The molecule has 6 heteroatoms. The van der Waals surface area contributed by atoms with E-state index < -0.39 is 5.97 Å². The molecule has 1 fully saturated rings. The molecule has 2 atom stereocenters. The van der Waals surface area contributed by atoms with E-state index in [4.69, 9.17) is 5.11 Å².